The summed E-state index contributed by atoms with van der Waals surface area (Å²) in [4.78, 5) is 81.8. The molecule has 63 heavy (non-hydrogen) atoms. The number of phenolic OH excluding ortho intramolecular Hbond substituents is 1. The second kappa shape index (κ2) is 22.1. The zero-order valence-corrected chi connectivity index (χ0v) is 35.9. The first-order chi connectivity index (χ1) is 30.1. The fourth-order valence-electron chi connectivity index (χ4n) is 7.60. The Kier molecular flexibility index (Phi) is 16.7. The topological polar surface area (TPSA) is 267 Å². The molecule has 6 atom stereocenters. The van der Waals surface area contributed by atoms with Crippen LogP contribution in [-0.4, -0.2) is 106 Å². The normalized spacial score (nSPS) is 19.8. The van der Waals surface area contributed by atoms with Crippen LogP contribution in [-0.2, 0) is 30.4 Å². The maximum Gasteiger partial charge on any atom is 0.326 e. The number of aliphatic hydroxyl groups is 1. The molecule has 0 fully saturated rings. The average molecular weight is 866 g/mol. The molecule has 3 aromatic carbocycles. The number of benzene rings is 3. The molecule has 2 aliphatic rings. The predicted octanol–water partition coefficient (Wildman–Crippen LogP) is 2.82. The maximum absolute atomic E-state index is 14.4. The van der Waals surface area contributed by atoms with Gasteiger partial charge in [0.1, 0.15) is 36.0 Å². The molecule has 0 spiro atoms. The monoisotopic (exact) mass is 865 g/mol. The number of carboxylic acid groups (broad SMARTS) is 1. The van der Waals surface area contributed by atoms with Crippen molar-refractivity contribution in [2.45, 2.75) is 102 Å². The number of unbranched alkanes of at least 4 members (excludes halogenated alkanes) is 2. The molecule has 0 aromatic heterocycles. The van der Waals surface area contributed by atoms with Crippen molar-refractivity contribution in [1.82, 2.24) is 26.2 Å². The minimum absolute atomic E-state index is 0.0849. The fourth-order valence-corrected chi connectivity index (χ4v) is 7.60. The number of likely N-dealkylation sites (N-methyl/N-ethyl adjacent to an activating group) is 1. The van der Waals surface area contributed by atoms with Gasteiger partial charge in [0.25, 0.3) is 5.91 Å². The van der Waals surface area contributed by atoms with Crippen molar-refractivity contribution in [3.63, 3.8) is 0 Å². The van der Waals surface area contributed by atoms with E-state index in [9.17, 15) is 44.1 Å². The third-order valence-corrected chi connectivity index (χ3v) is 11.4. The largest absolute Gasteiger partial charge is 0.507 e. The van der Waals surface area contributed by atoms with Gasteiger partial charge in [0.15, 0.2) is 0 Å². The van der Waals surface area contributed by atoms with Crippen LogP contribution in [0.4, 0.5) is 0 Å². The van der Waals surface area contributed by atoms with E-state index in [0.29, 0.717) is 30.5 Å². The van der Waals surface area contributed by atoms with E-state index in [4.69, 9.17) is 11.5 Å². The molecule has 1 aliphatic carbocycles. The lowest BCUT2D eigenvalue weighted by Crippen LogP contribution is -2.56. The van der Waals surface area contributed by atoms with E-state index in [2.05, 4.69) is 52.5 Å². The molecule has 0 radical (unpaired) electrons. The highest BCUT2D eigenvalue weighted by Crippen LogP contribution is 2.36. The van der Waals surface area contributed by atoms with Gasteiger partial charge in [-0.2, -0.15) is 0 Å². The van der Waals surface area contributed by atoms with Crippen LogP contribution in [0.3, 0.4) is 0 Å². The number of carbonyl (C=O) groups is 6. The second-order valence-corrected chi connectivity index (χ2v) is 16.1. The molecule has 4 bridgehead atoms. The third kappa shape index (κ3) is 12.4. The number of amides is 5. The van der Waals surface area contributed by atoms with E-state index < -0.39 is 71.8 Å². The van der Waals surface area contributed by atoms with Gasteiger partial charge in [0, 0.05) is 31.1 Å². The Balaban J connectivity index is 1.34. The molecule has 1 unspecified atom stereocenters. The summed E-state index contributed by atoms with van der Waals surface area (Å²) in [5, 5.41) is 42.3. The molecule has 11 N–H and O–H groups in total. The number of hydrogen-bond acceptors (Lipinski definition) is 10. The summed E-state index contributed by atoms with van der Waals surface area (Å²) in [6.07, 6.45) is 6.33. The number of aliphatic hydroxyl groups excluding tert-OH is 1. The van der Waals surface area contributed by atoms with Crippen LogP contribution in [0.25, 0.3) is 16.7 Å². The van der Waals surface area contributed by atoms with Gasteiger partial charge in [-0.25, -0.2) is 4.79 Å². The Morgan fingerprint density at radius 2 is 1.62 bits per heavy atom. The molecule has 1 aliphatic heterocycles. The molecule has 16 heteroatoms. The lowest BCUT2D eigenvalue weighted by molar-refractivity contribution is -0.144. The summed E-state index contributed by atoms with van der Waals surface area (Å²) in [7, 11) is 1.35. The van der Waals surface area contributed by atoms with E-state index in [-0.39, 0.29) is 48.3 Å². The smallest absolute Gasteiger partial charge is 0.326 e. The van der Waals surface area contributed by atoms with Crippen LogP contribution in [0.2, 0.25) is 0 Å². The second-order valence-electron chi connectivity index (χ2n) is 16.1. The van der Waals surface area contributed by atoms with Crippen LogP contribution < -0.4 is 32.7 Å². The first kappa shape index (κ1) is 47.7. The van der Waals surface area contributed by atoms with Crippen molar-refractivity contribution in [2.24, 2.45) is 11.5 Å². The number of aliphatic carboxylic acids is 1. The van der Waals surface area contributed by atoms with Crippen molar-refractivity contribution in [3.8, 4) is 16.9 Å². The minimum atomic E-state index is -1.46. The molecule has 16 nitrogen and oxygen atoms in total. The van der Waals surface area contributed by atoms with Gasteiger partial charge in [0.05, 0.1) is 6.10 Å². The van der Waals surface area contributed by atoms with E-state index >= 15 is 0 Å². The number of carbonyl (C=O) groups excluding carboxylic acids is 5. The molecule has 1 heterocycles. The predicted molar refractivity (Wildman–Crippen MR) is 238 cm³/mol. The summed E-state index contributed by atoms with van der Waals surface area (Å²) in [5.41, 5.74) is 16.7. The van der Waals surface area contributed by atoms with Crippen molar-refractivity contribution < 1.29 is 44.1 Å². The lowest BCUT2D eigenvalue weighted by Gasteiger charge is -2.33. The summed E-state index contributed by atoms with van der Waals surface area (Å²) >= 11 is 0. The summed E-state index contributed by atoms with van der Waals surface area (Å²) in [6.45, 7) is 3.58. The first-order valence-corrected chi connectivity index (χ1v) is 21.4. The Hall–Kier alpha value is -6.36. The number of nitrogens with one attached hydrogen (secondary N) is 4. The van der Waals surface area contributed by atoms with Gasteiger partial charge >= 0.3 is 5.97 Å². The highest BCUT2D eigenvalue weighted by Gasteiger charge is 2.37. The number of phenols is 1. The maximum atomic E-state index is 14.4. The van der Waals surface area contributed by atoms with Crippen molar-refractivity contribution in [2.75, 3.05) is 20.1 Å². The number of hydrogen-bond donors (Lipinski definition) is 9. The summed E-state index contributed by atoms with van der Waals surface area (Å²) in [6, 6.07) is 13.0. The van der Waals surface area contributed by atoms with Crippen LogP contribution in [0.1, 0.15) is 91.9 Å². The Morgan fingerprint density at radius 3 is 2.27 bits per heavy atom. The van der Waals surface area contributed by atoms with Gasteiger partial charge in [-0.05, 0) is 110 Å². The van der Waals surface area contributed by atoms with Crippen molar-refractivity contribution >= 4 is 41.1 Å². The Morgan fingerprint density at radius 1 is 0.937 bits per heavy atom. The number of aryl methyl sites for hydroxylation is 1. The SMILES string of the molecule is CCCCc1ccc(-c2ccc(C(=O)NC[C@@H](N)C(=O)N[C@@H](CCCCN)C(=O)N(C)[C@@H]3C(=O)N[C@@H](C)C(=O)N[C@H](C(=O)O)CC4=CCC(O)C(=C4)c4cc3ccc4O)cc2)cc1. The van der Waals surface area contributed by atoms with Crippen molar-refractivity contribution in [1.29, 1.82) is 0 Å². The van der Waals surface area contributed by atoms with E-state index in [1.165, 1.54) is 43.8 Å². The highest BCUT2D eigenvalue weighted by atomic mass is 16.4. The van der Waals surface area contributed by atoms with Crippen LogP contribution >= 0.6 is 0 Å². The molecule has 0 saturated carbocycles. The Labute approximate surface area is 367 Å². The number of carboxylic acids is 1. The molecule has 0 saturated heterocycles. The van der Waals surface area contributed by atoms with Gasteiger partial charge in [-0.1, -0.05) is 68.0 Å². The van der Waals surface area contributed by atoms with Crippen LogP contribution in [0.5, 0.6) is 5.75 Å². The van der Waals surface area contributed by atoms with Crippen LogP contribution in [0.15, 0.2) is 84.5 Å². The first-order valence-electron chi connectivity index (χ1n) is 21.4. The number of nitrogens with two attached hydrogens (primary N) is 2. The van der Waals surface area contributed by atoms with E-state index in [1.54, 1.807) is 18.2 Å². The van der Waals surface area contributed by atoms with Gasteiger partial charge in [-0.3, -0.25) is 24.0 Å². The average Bonchev–Trinajstić information content (AvgIpc) is 3.27. The number of allylic oxidation sites excluding steroid dienone is 1. The standard InChI is InChI=1S/C47H59N7O9/c1-4-5-8-28-10-13-30(14-11-28)31-15-17-32(18-16-31)43(58)50-26-36(49)44(59)52-37(9-6-7-22-48)46(61)54(3)41-33-19-21-40(56)35(25-33)34-23-29(12-20-39(34)55)24-38(47(62)63)53-42(57)27(2)51-45(41)60/h10-19,21,23,25,27,36-39,41,55-56H,4-9,20,22,24,26,48-49H2,1-3H3,(H,50,58)(H,51,60)(H,52,59)(H,53,57)(H,62,63)/t27-,36+,37-,38-,39?,41-/m0/s1. The number of fused-ring (bicyclic) bond motifs is 4. The minimum Gasteiger partial charge on any atom is -0.507 e. The van der Waals surface area contributed by atoms with Crippen LogP contribution in [0, 0.1) is 0 Å². The lowest BCUT2D eigenvalue weighted by atomic mass is 9.87. The van der Waals surface area contributed by atoms with Gasteiger partial charge in [0.2, 0.25) is 23.6 Å². The number of nitrogens with zero attached hydrogens (tertiary/aromatic N) is 1. The Bertz CT molecular complexity index is 2210. The third-order valence-electron chi connectivity index (χ3n) is 11.4. The molecule has 336 valence electrons. The molecule has 5 amide bonds. The quantitative estimate of drug-likeness (QED) is 0.0946. The van der Waals surface area contributed by atoms with Gasteiger partial charge < -0.3 is 53.0 Å². The summed E-state index contributed by atoms with van der Waals surface area (Å²) in [5.74, 6) is -5.07. The van der Waals surface area contributed by atoms with E-state index in [0.717, 1.165) is 35.3 Å². The fraction of sp³-hybridized carbons (Fsp3) is 0.404. The molecule has 3 aromatic rings. The van der Waals surface area contributed by atoms with Gasteiger partial charge in [-0.15, -0.1) is 0 Å². The highest BCUT2D eigenvalue weighted by molar-refractivity contribution is 5.97. The number of rotatable bonds is 16. The molecular formula is C47H59N7O9. The molecular weight excluding hydrogens is 807 g/mol. The van der Waals surface area contributed by atoms with E-state index in [1.807, 2.05) is 12.1 Å². The molecule has 5 rings (SSSR count). The zero-order valence-electron chi connectivity index (χ0n) is 35.9. The summed E-state index contributed by atoms with van der Waals surface area (Å²) < 4.78 is 0. The zero-order chi connectivity index (χ0) is 45.8. The number of aromatic hydroxyl groups is 1. The van der Waals surface area contributed by atoms with Crippen molar-refractivity contribution in [3.05, 3.63) is 107 Å².